The van der Waals surface area contributed by atoms with Gasteiger partial charge < -0.3 is 10.2 Å². The number of carbonyl (C=O) groups is 1. The third kappa shape index (κ3) is 3.07. The minimum atomic E-state index is -0.760. The molecule has 102 valence electrons. The van der Waals surface area contributed by atoms with Crippen molar-refractivity contribution in [2.45, 2.75) is 25.9 Å². The van der Waals surface area contributed by atoms with E-state index >= 15 is 0 Å². The molecule has 4 nitrogen and oxygen atoms in total. The van der Waals surface area contributed by atoms with Crippen LogP contribution in [-0.4, -0.2) is 23.8 Å². The molecule has 0 saturated heterocycles. The summed E-state index contributed by atoms with van der Waals surface area (Å²) in [4.78, 5) is 17.0. The predicted octanol–water partition coefficient (Wildman–Crippen LogP) is 2.25. The minimum Gasteiger partial charge on any atom is -0.387 e. The van der Waals surface area contributed by atoms with Gasteiger partial charge in [-0.25, -0.2) is 8.78 Å². The van der Waals surface area contributed by atoms with Crippen LogP contribution in [0.3, 0.4) is 0 Å². The first-order chi connectivity index (χ1) is 8.89. The van der Waals surface area contributed by atoms with Gasteiger partial charge in [0, 0.05) is 6.42 Å². The standard InChI is InChI=1S/C13H14F2N2O2/c1-8-6-13(2,19-17-8)7-16-12(18)10-5-9(14)3-4-11(10)15/h3-5H,6-7H2,1-2H3,(H,16,18). The van der Waals surface area contributed by atoms with Gasteiger partial charge >= 0.3 is 0 Å². The first-order valence-corrected chi connectivity index (χ1v) is 5.84. The summed E-state index contributed by atoms with van der Waals surface area (Å²) in [6.07, 6.45) is 0.582. The average molecular weight is 268 g/mol. The Labute approximate surface area is 109 Å². The number of carbonyl (C=O) groups excluding carboxylic acids is 1. The Bertz CT molecular complexity index is 545. The van der Waals surface area contributed by atoms with Crippen LogP contribution in [0.1, 0.15) is 30.6 Å². The van der Waals surface area contributed by atoms with Crippen molar-refractivity contribution in [3.63, 3.8) is 0 Å². The van der Waals surface area contributed by atoms with Crippen molar-refractivity contribution in [2.24, 2.45) is 5.16 Å². The van der Waals surface area contributed by atoms with Gasteiger partial charge in [-0.2, -0.15) is 0 Å². The molecular weight excluding hydrogens is 254 g/mol. The van der Waals surface area contributed by atoms with Crippen LogP contribution in [0.2, 0.25) is 0 Å². The van der Waals surface area contributed by atoms with Gasteiger partial charge in [0.15, 0.2) is 5.60 Å². The molecule has 1 aromatic carbocycles. The summed E-state index contributed by atoms with van der Waals surface area (Å²) in [6.45, 7) is 3.77. The monoisotopic (exact) mass is 268 g/mol. The Kier molecular flexibility index (Phi) is 3.50. The van der Waals surface area contributed by atoms with Crippen LogP contribution in [-0.2, 0) is 4.84 Å². The Hall–Kier alpha value is -1.98. The topological polar surface area (TPSA) is 50.7 Å². The van der Waals surface area contributed by atoms with Crippen LogP contribution < -0.4 is 5.32 Å². The number of oxime groups is 1. The number of benzene rings is 1. The molecule has 1 unspecified atom stereocenters. The number of rotatable bonds is 3. The molecule has 0 aliphatic carbocycles. The number of nitrogens with zero attached hydrogens (tertiary/aromatic N) is 1. The number of hydrogen-bond acceptors (Lipinski definition) is 3. The average Bonchev–Trinajstić information content (AvgIpc) is 2.70. The largest absolute Gasteiger partial charge is 0.387 e. The third-order valence-electron chi connectivity index (χ3n) is 2.85. The lowest BCUT2D eigenvalue weighted by atomic mass is 10.0. The molecule has 1 aliphatic rings. The van der Waals surface area contributed by atoms with Gasteiger partial charge in [0.1, 0.15) is 11.6 Å². The maximum Gasteiger partial charge on any atom is 0.254 e. The highest BCUT2D eigenvalue weighted by atomic mass is 19.1. The van der Waals surface area contributed by atoms with E-state index in [1.165, 1.54) is 0 Å². The molecule has 2 rings (SSSR count). The molecule has 0 aromatic heterocycles. The zero-order chi connectivity index (χ0) is 14.0. The van der Waals surface area contributed by atoms with Crippen molar-refractivity contribution >= 4 is 11.6 Å². The quantitative estimate of drug-likeness (QED) is 0.914. The summed E-state index contributed by atoms with van der Waals surface area (Å²) >= 11 is 0. The maximum absolute atomic E-state index is 13.4. The van der Waals surface area contributed by atoms with Crippen LogP contribution >= 0.6 is 0 Å². The minimum absolute atomic E-state index is 0.169. The highest BCUT2D eigenvalue weighted by molar-refractivity contribution is 5.94. The molecular formula is C13H14F2N2O2. The summed E-state index contributed by atoms with van der Waals surface area (Å²) in [6, 6.07) is 2.75. The smallest absolute Gasteiger partial charge is 0.254 e. The lowest BCUT2D eigenvalue weighted by molar-refractivity contribution is -0.00185. The molecule has 1 amide bonds. The van der Waals surface area contributed by atoms with Crippen molar-refractivity contribution < 1.29 is 18.4 Å². The zero-order valence-electron chi connectivity index (χ0n) is 10.7. The number of halogens is 2. The van der Waals surface area contributed by atoms with Crippen molar-refractivity contribution in [2.75, 3.05) is 6.54 Å². The molecule has 1 heterocycles. The van der Waals surface area contributed by atoms with E-state index in [1.807, 2.05) is 6.92 Å². The van der Waals surface area contributed by atoms with E-state index in [1.54, 1.807) is 6.92 Å². The van der Waals surface area contributed by atoms with E-state index in [4.69, 9.17) is 4.84 Å². The molecule has 1 N–H and O–H groups in total. The highest BCUT2D eigenvalue weighted by Gasteiger charge is 2.33. The van der Waals surface area contributed by atoms with E-state index in [-0.39, 0.29) is 12.1 Å². The van der Waals surface area contributed by atoms with Gasteiger partial charge in [0.05, 0.1) is 17.8 Å². The molecule has 19 heavy (non-hydrogen) atoms. The zero-order valence-corrected chi connectivity index (χ0v) is 10.7. The second-order valence-electron chi connectivity index (χ2n) is 4.85. The molecule has 1 aromatic rings. The summed E-state index contributed by atoms with van der Waals surface area (Å²) in [7, 11) is 0. The van der Waals surface area contributed by atoms with Gasteiger partial charge in [0.2, 0.25) is 0 Å². The summed E-state index contributed by atoms with van der Waals surface area (Å²) < 4.78 is 26.4. The molecule has 1 aliphatic heterocycles. The summed E-state index contributed by atoms with van der Waals surface area (Å²) in [5.74, 6) is -2.09. The van der Waals surface area contributed by atoms with Gasteiger partial charge in [-0.3, -0.25) is 4.79 Å². The van der Waals surface area contributed by atoms with Gasteiger partial charge in [-0.1, -0.05) is 5.16 Å². The summed E-state index contributed by atoms with van der Waals surface area (Å²) in [5.41, 5.74) is -0.128. The maximum atomic E-state index is 13.4. The van der Waals surface area contributed by atoms with Crippen molar-refractivity contribution in [1.82, 2.24) is 5.32 Å². The Balaban J connectivity index is 2.00. The van der Waals surface area contributed by atoms with E-state index in [2.05, 4.69) is 10.5 Å². The molecule has 0 radical (unpaired) electrons. The van der Waals surface area contributed by atoms with Crippen molar-refractivity contribution in [3.8, 4) is 0 Å². The van der Waals surface area contributed by atoms with E-state index < -0.39 is 23.1 Å². The fourth-order valence-electron chi connectivity index (χ4n) is 1.92. The SMILES string of the molecule is CC1=NOC(C)(CNC(=O)c2cc(F)ccc2F)C1. The van der Waals surface area contributed by atoms with Crippen LogP contribution in [0, 0.1) is 11.6 Å². The highest BCUT2D eigenvalue weighted by Crippen LogP contribution is 2.22. The van der Waals surface area contributed by atoms with Crippen LogP contribution in [0.5, 0.6) is 0 Å². The molecule has 0 spiro atoms. The van der Waals surface area contributed by atoms with Crippen molar-refractivity contribution in [1.29, 1.82) is 0 Å². The van der Waals surface area contributed by atoms with E-state index in [0.717, 1.165) is 23.9 Å². The second-order valence-corrected chi connectivity index (χ2v) is 4.85. The van der Waals surface area contributed by atoms with E-state index in [9.17, 15) is 13.6 Å². The Morgan fingerprint density at radius 3 is 2.89 bits per heavy atom. The number of amides is 1. The fraction of sp³-hybridized carbons (Fsp3) is 0.385. The summed E-state index contributed by atoms with van der Waals surface area (Å²) in [5, 5.41) is 6.33. The lowest BCUT2D eigenvalue weighted by Crippen LogP contribution is -2.41. The second kappa shape index (κ2) is 4.95. The van der Waals surface area contributed by atoms with Crippen molar-refractivity contribution in [3.05, 3.63) is 35.4 Å². The van der Waals surface area contributed by atoms with Gasteiger partial charge in [0.25, 0.3) is 5.91 Å². The first-order valence-electron chi connectivity index (χ1n) is 5.84. The molecule has 6 heteroatoms. The predicted molar refractivity (Wildman–Crippen MR) is 65.9 cm³/mol. The Morgan fingerprint density at radius 1 is 1.53 bits per heavy atom. The van der Waals surface area contributed by atoms with Gasteiger partial charge in [-0.05, 0) is 32.0 Å². The number of hydrogen-bond donors (Lipinski definition) is 1. The van der Waals surface area contributed by atoms with E-state index in [0.29, 0.717) is 6.42 Å². The lowest BCUT2D eigenvalue weighted by Gasteiger charge is -2.21. The van der Waals surface area contributed by atoms with Crippen LogP contribution in [0.15, 0.2) is 23.4 Å². The first kappa shape index (κ1) is 13.5. The molecule has 1 atom stereocenters. The normalized spacial score (nSPS) is 21.8. The molecule has 0 saturated carbocycles. The molecule has 0 fully saturated rings. The Morgan fingerprint density at radius 2 is 2.26 bits per heavy atom. The third-order valence-corrected chi connectivity index (χ3v) is 2.85. The number of nitrogens with one attached hydrogen (secondary N) is 1. The van der Waals surface area contributed by atoms with Crippen LogP contribution in [0.25, 0.3) is 0 Å². The van der Waals surface area contributed by atoms with Crippen LogP contribution in [0.4, 0.5) is 8.78 Å². The fourth-order valence-corrected chi connectivity index (χ4v) is 1.92. The van der Waals surface area contributed by atoms with Gasteiger partial charge in [-0.15, -0.1) is 0 Å². The molecule has 0 bridgehead atoms.